The molecule has 4 rings (SSSR count). The van der Waals surface area contributed by atoms with Gasteiger partial charge in [0, 0.05) is 29.7 Å². The second-order valence-electron chi connectivity index (χ2n) is 7.70. The van der Waals surface area contributed by atoms with Crippen molar-refractivity contribution in [3.8, 4) is 5.75 Å². The van der Waals surface area contributed by atoms with Crippen LogP contribution in [-0.2, 0) is 11.3 Å². The van der Waals surface area contributed by atoms with E-state index in [2.05, 4.69) is 30.9 Å². The Kier molecular flexibility index (Phi) is 6.43. The Labute approximate surface area is 190 Å². The number of hydrogen-bond acceptors (Lipinski definition) is 7. The highest BCUT2D eigenvalue weighted by Crippen LogP contribution is 2.32. The molecule has 0 bridgehead atoms. The van der Waals surface area contributed by atoms with E-state index in [0.717, 1.165) is 11.4 Å². The third-order valence-corrected chi connectivity index (χ3v) is 4.85. The van der Waals surface area contributed by atoms with E-state index in [4.69, 9.17) is 4.74 Å². The van der Waals surface area contributed by atoms with Gasteiger partial charge in [0.25, 0.3) is 0 Å². The lowest BCUT2D eigenvalue weighted by atomic mass is 10.2. The maximum absolute atomic E-state index is 13.9. The Morgan fingerprint density at radius 1 is 1.15 bits per heavy atom. The van der Waals surface area contributed by atoms with Gasteiger partial charge in [-0.1, -0.05) is 19.1 Å². The van der Waals surface area contributed by atoms with Crippen LogP contribution in [0.2, 0.25) is 0 Å². The molecule has 0 spiro atoms. The standard InChI is InChI=1S/C23H24FN7O2/c1-4-33-20-10-15(24)9-18-22(20)23(26-13-25-18)28-17-7-5-16(6-8-17)27-21(32)12-31-11-19(14(2)3)29-30-31/h5-11,13-14H,4,12H2,1-3H3,(H,27,32)(H,25,26,28). The van der Waals surface area contributed by atoms with Gasteiger partial charge < -0.3 is 15.4 Å². The fourth-order valence-corrected chi connectivity index (χ4v) is 3.26. The lowest BCUT2D eigenvalue weighted by molar-refractivity contribution is -0.116. The molecule has 2 aromatic carbocycles. The molecule has 0 aliphatic carbocycles. The average molecular weight is 449 g/mol. The van der Waals surface area contributed by atoms with Crippen LogP contribution in [0, 0.1) is 5.82 Å². The number of rotatable bonds is 8. The Hall–Kier alpha value is -4.08. The summed E-state index contributed by atoms with van der Waals surface area (Å²) >= 11 is 0. The van der Waals surface area contributed by atoms with Crippen LogP contribution in [0.15, 0.2) is 48.9 Å². The van der Waals surface area contributed by atoms with Crippen LogP contribution in [-0.4, -0.2) is 37.5 Å². The molecule has 4 aromatic rings. The number of ether oxygens (including phenoxy) is 1. The van der Waals surface area contributed by atoms with Crippen LogP contribution >= 0.6 is 0 Å². The molecular weight excluding hydrogens is 425 g/mol. The number of amides is 1. The van der Waals surface area contributed by atoms with Crippen molar-refractivity contribution in [3.05, 3.63) is 60.4 Å². The highest BCUT2D eigenvalue weighted by Gasteiger charge is 2.13. The number of carbonyl (C=O) groups is 1. The van der Waals surface area contributed by atoms with Gasteiger partial charge in [0.1, 0.15) is 30.3 Å². The monoisotopic (exact) mass is 449 g/mol. The van der Waals surface area contributed by atoms with Gasteiger partial charge in [-0.2, -0.15) is 0 Å². The molecule has 2 N–H and O–H groups in total. The molecule has 0 radical (unpaired) electrons. The molecule has 1 amide bonds. The van der Waals surface area contributed by atoms with E-state index < -0.39 is 5.82 Å². The van der Waals surface area contributed by atoms with Gasteiger partial charge in [-0.25, -0.2) is 19.0 Å². The summed E-state index contributed by atoms with van der Waals surface area (Å²) in [6.45, 7) is 6.32. The Morgan fingerprint density at radius 2 is 1.91 bits per heavy atom. The fourth-order valence-electron chi connectivity index (χ4n) is 3.26. The number of aromatic nitrogens is 5. The number of benzene rings is 2. The largest absolute Gasteiger partial charge is 0.493 e. The molecule has 0 saturated heterocycles. The van der Waals surface area contributed by atoms with Crippen molar-refractivity contribution in [2.24, 2.45) is 0 Å². The normalized spacial score (nSPS) is 11.1. The first kappa shape index (κ1) is 22.1. The van der Waals surface area contributed by atoms with Gasteiger partial charge >= 0.3 is 0 Å². The predicted octanol–water partition coefficient (Wildman–Crippen LogP) is 4.26. The Morgan fingerprint density at radius 3 is 2.61 bits per heavy atom. The third kappa shape index (κ3) is 5.22. The zero-order valence-corrected chi connectivity index (χ0v) is 18.5. The summed E-state index contributed by atoms with van der Waals surface area (Å²) in [6, 6.07) is 9.81. The zero-order valence-electron chi connectivity index (χ0n) is 18.5. The number of anilines is 3. The molecule has 10 heteroatoms. The molecule has 9 nitrogen and oxygen atoms in total. The van der Waals surface area contributed by atoms with Crippen molar-refractivity contribution in [1.82, 2.24) is 25.0 Å². The number of carbonyl (C=O) groups excluding carboxylic acids is 1. The minimum Gasteiger partial charge on any atom is -0.493 e. The summed E-state index contributed by atoms with van der Waals surface area (Å²) in [5, 5.41) is 14.7. The van der Waals surface area contributed by atoms with Crippen molar-refractivity contribution in [2.45, 2.75) is 33.2 Å². The third-order valence-electron chi connectivity index (χ3n) is 4.85. The number of hydrogen-bond donors (Lipinski definition) is 2. The molecule has 2 aromatic heterocycles. The summed E-state index contributed by atoms with van der Waals surface area (Å²) in [7, 11) is 0. The van der Waals surface area contributed by atoms with E-state index in [1.807, 2.05) is 20.8 Å². The molecule has 0 unspecified atom stereocenters. The maximum atomic E-state index is 13.9. The molecule has 33 heavy (non-hydrogen) atoms. The highest BCUT2D eigenvalue weighted by molar-refractivity contribution is 5.96. The average Bonchev–Trinajstić information content (AvgIpc) is 3.24. The van der Waals surface area contributed by atoms with E-state index in [1.165, 1.54) is 23.1 Å². The fraction of sp³-hybridized carbons (Fsp3) is 0.261. The molecule has 0 aliphatic heterocycles. The van der Waals surface area contributed by atoms with Crippen molar-refractivity contribution in [3.63, 3.8) is 0 Å². The van der Waals surface area contributed by atoms with Crippen LogP contribution in [0.4, 0.5) is 21.6 Å². The van der Waals surface area contributed by atoms with Gasteiger partial charge in [0.15, 0.2) is 0 Å². The van der Waals surface area contributed by atoms with Gasteiger partial charge in [0.2, 0.25) is 5.91 Å². The van der Waals surface area contributed by atoms with E-state index in [1.54, 1.807) is 30.5 Å². The molecule has 170 valence electrons. The van der Waals surface area contributed by atoms with Gasteiger partial charge in [-0.15, -0.1) is 5.10 Å². The van der Waals surface area contributed by atoms with Crippen molar-refractivity contribution in [1.29, 1.82) is 0 Å². The summed E-state index contributed by atoms with van der Waals surface area (Å²) in [4.78, 5) is 20.8. The summed E-state index contributed by atoms with van der Waals surface area (Å²) in [6.07, 6.45) is 3.13. The van der Waals surface area contributed by atoms with E-state index in [-0.39, 0.29) is 18.4 Å². The summed E-state index contributed by atoms with van der Waals surface area (Å²) in [5.74, 6) is 0.473. The van der Waals surface area contributed by atoms with E-state index in [9.17, 15) is 9.18 Å². The van der Waals surface area contributed by atoms with Crippen LogP contribution in [0.1, 0.15) is 32.4 Å². The van der Waals surface area contributed by atoms with Crippen molar-refractivity contribution in [2.75, 3.05) is 17.2 Å². The van der Waals surface area contributed by atoms with Crippen molar-refractivity contribution < 1.29 is 13.9 Å². The quantitative estimate of drug-likeness (QED) is 0.414. The topological polar surface area (TPSA) is 107 Å². The minimum atomic E-state index is -0.429. The van der Waals surface area contributed by atoms with Crippen molar-refractivity contribution >= 4 is 34.0 Å². The Bertz CT molecular complexity index is 1270. The lowest BCUT2D eigenvalue weighted by Gasteiger charge is -2.13. The van der Waals surface area contributed by atoms with Crippen LogP contribution in [0.5, 0.6) is 5.75 Å². The number of nitrogens with zero attached hydrogens (tertiary/aromatic N) is 5. The smallest absolute Gasteiger partial charge is 0.246 e. The summed E-state index contributed by atoms with van der Waals surface area (Å²) < 4.78 is 21.0. The van der Waals surface area contributed by atoms with Crippen LogP contribution in [0.3, 0.4) is 0 Å². The maximum Gasteiger partial charge on any atom is 0.246 e. The Balaban J connectivity index is 1.46. The highest BCUT2D eigenvalue weighted by atomic mass is 19.1. The zero-order chi connectivity index (χ0) is 23.4. The van der Waals surface area contributed by atoms with Gasteiger partial charge in [-0.05, 0) is 37.1 Å². The van der Waals surface area contributed by atoms with Gasteiger partial charge in [-0.3, -0.25) is 4.79 Å². The molecular formula is C23H24FN7O2. The van der Waals surface area contributed by atoms with Crippen LogP contribution in [0.25, 0.3) is 10.9 Å². The first-order valence-corrected chi connectivity index (χ1v) is 10.6. The summed E-state index contributed by atoms with van der Waals surface area (Å²) in [5.41, 5.74) is 2.65. The molecule has 2 heterocycles. The molecule has 0 fully saturated rings. The molecule has 0 aliphatic rings. The molecule has 0 atom stereocenters. The second-order valence-corrected chi connectivity index (χ2v) is 7.70. The SMILES string of the molecule is CCOc1cc(F)cc2ncnc(Nc3ccc(NC(=O)Cn4cc(C(C)C)nn4)cc3)c12. The lowest BCUT2D eigenvalue weighted by Crippen LogP contribution is -2.19. The number of nitrogens with one attached hydrogen (secondary N) is 2. The first-order chi connectivity index (χ1) is 15.9. The van der Waals surface area contributed by atoms with Crippen LogP contribution < -0.4 is 15.4 Å². The van der Waals surface area contributed by atoms with Gasteiger partial charge in [0.05, 0.1) is 23.2 Å². The number of fused-ring (bicyclic) bond motifs is 1. The predicted molar refractivity (Wildman–Crippen MR) is 123 cm³/mol. The molecule has 0 saturated carbocycles. The minimum absolute atomic E-state index is 0.0728. The second kappa shape index (κ2) is 9.60. The van der Waals surface area contributed by atoms with E-state index in [0.29, 0.717) is 34.8 Å². The number of halogens is 1. The van der Waals surface area contributed by atoms with E-state index >= 15 is 0 Å². The first-order valence-electron chi connectivity index (χ1n) is 10.6.